The van der Waals surface area contributed by atoms with Gasteiger partial charge in [-0.2, -0.15) is 0 Å². The highest BCUT2D eigenvalue weighted by Crippen LogP contribution is 2.28. The van der Waals surface area contributed by atoms with Gasteiger partial charge in [0.15, 0.2) is 0 Å². The number of hydrogen-bond acceptors (Lipinski definition) is 5. The third-order valence-corrected chi connectivity index (χ3v) is 4.40. The maximum atomic E-state index is 12.4. The highest BCUT2D eigenvalue weighted by Gasteiger charge is 2.31. The molecule has 25 heavy (non-hydrogen) atoms. The SMILES string of the molecule is NS(=O)(=O)c1ccccc1NS/C=C/c1ccccc1OC(F)(F)F. The van der Waals surface area contributed by atoms with Crippen LogP contribution >= 0.6 is 11.9 Å². The van der Waals surface area contributed by atoms with E-state index in [9.17, 15) is 21.6 Å². The van der Waals surface area contributed by atoms with E-state index in [4.69, 9.17) is 5.14 Å². The number of nitrogens with one attached hydrogen (secondary N) is 1. The van der Waals surface area contributed by atoms with E-state index in [1.807, 2.05) is 0 Å². The van der Waals surface area contributed by atoms with Crippen LogP contribution in [0, 0.1) is 0 Å². The normalized spacial score (nSPS) is 12.3. The number of halogens is 3. The van der Waals surface area contributed by atoms with E-state index in [0.717, 1.165) is 11.9 Å². The number of primary sulfonamides is 1. The summed E-state index contributed by atoms with van der Waals surface area (Å²) in [5, 5.41) is 6.57. The van der Waals surface area contributed by atoms with E-state index < -0.39 is 16.4 Å². The maximum absolute atomic E-state index is 12.4. The van der Waals surface area contributed by atoms with E-state index in [2.05, 4.69) is 9.46 Å². The second-order valence-electron chi connectivity index (χ2n) is 4.65. The van der Waals surface area contributed by atoms with Crippen molar-refractivity contribution >= 4 is 33.7 Å². The number of sulfonamides is 1. The molecule has 0 spiro atoms. The summed E-state index contributed by atoms with van der Waals surface area (Å²) in [6.07, 6.45) is -3.39. The molecule has 2 aromatic carbocycles. The summed E-state index contributed by atoms with van der Waals surface area (Å²) in [5.41, 5.74) is 0.480. The highest BCUT2D eigenvalue weighted by atomic mass is 32.2. The molecule has 134 valence electrons. The van der Waals surface area contributed by atoms with Gasteiger partial charge in [0.25, 0.3) is 0 Å². The van der Waals surface area contributed by atoms with Crippen LogP contribution in [-0.2, 0) is 10.0 Å². The van der Waals surface area contributed by atoms with Gasteiger partial charge in [-0.25, -0.2) is 13.6 Å². The predicted molar refractivity (Wildman–Crippen MR) is 91.2 cm³/mol. The van der Waals surface area contributed by atoms with E-state index in [-0.39, 0.29) is 21.9 Å². The average molecular weight is 390 g/mol. The molecular weight excluding hydrogens is 377 g/mol. The van der Waals surface area contributed by atoms with Gasteiger partial charge >= 0.3 is 6.36 Å². The van der Waals surface area contributed by atoms with Crippen molar-refractivity contribution in [2.24, 2.45) is 5.14 Å². The molecule has 5 nitrogen and oxygen atoms in total. The third-order valence-electron chi connectivity index (χ3n) is 2.82. The van der Waals surface area contributed by atoms with Crippen molar-refractivity contribution in [3.63, 3.8) is 0 Å². The van der Waals surface area contributed by atoms with Crippen molar-refractivity contribution in [1.82, 2.24) is 0 Å². The van der Waals surface area contributed by atoms with Crippen molar-refractivity contribution in [3.8, 4) is 5.75 Å². The molecule has 0 saturated heterocycles. The number of benzene rings is 2. The number of rotatable bonds is 6. The minimum absolute atomic E-state index is 0.0864. The average Bonchev–Trinajstić information content (AvgIpc) is 2.51. The van der Waals surface area contributed by atoms with Gasteiger partial charge in [-0.1, -0.05) is 30.3 Å². The largest absolute Gasteiger partial charge is 0.573 e. The lowest BCUT2D eigenvalue weighted by Crippen LogP contribution is -2.17. The first-order valence-electron chi connectivity index (χ1n) is 6.71. The molecule has 0 aliphatic carbocycles. The van der Waals surface area contributed by atoms with E-state index in [1.54, 1.807) is 12.1 Å². The predicted octanol–water partition coefficient (Wildman–Crippen LogP) is 3.96. The first kappa shape index (κ1) is 19.2. The molecule has 0 aliphatic rings. The second-order valence-corrected chi connectivity index (χ2v) is 6.89. The number of nitrogens with two attached hydrogens (primary N) is 1. The summed E-state index contributed by atoms with van der Waals surface area (Å²) >= 11 is 0.971. The van der Waals surface area contributed by atoms with Crippen LogP contribution in [0.2, 0.25) is 0 Å². The molecule has 0 atom stereocenters. The zero-order valence-corrected chi connectivity index (χ0v) is 14.2. The van der Waals surface area contributed by atoms with Crippen LogP contribution in [0.15, 0.2) is 58.8 Å². The van der Waals surface area contributed by atoms with Crippen LogP contribution in [0.4, 0.5) is 18.9 Å². The fourth-order valence-electron chi connectivity index (χ4n) is 1.84. The minimum atomic E-state index is -4.79. The Morgan fingerprint density at radius 3 is 2.40 bits per heavy atom. The van der Waals surface area contributed by atoms with Crippen LogP contribution in [0.5, 0.6) is 5.75 Å². The molecule has 0 radical (unpaired) electrons. The fourth-order valence-corrected chi connectivity index (χ4v) is 3.19. The molecule has 3 N–H and O–H groups in total. The summed E-state index contributed by atoms with van der Waals surface area (Å²) in [4.78, 5) is -0.0864. The Balaban J connectivity index is 2.09. The topological polar surface area (TPSA) is 81.4 Å². The maximum Gasteiger partial charge on any atom is 0.573 e. The molecule has 0 bridgehead atoms. The van der Waals surface area contributed by atoms with Crippen molar-refractivity contribution in [2.75, 3.05) is 4.72 Å². The number of anilines is 1. The van der Waals surface area contributed by atoms with Crippen LogP contribution in [0.3, 0.4) is 0 Å². The van der Waals surface area contributed by atoms with Crippen molar-refractivity contribution < 1.29 is 26.3 Å². The lowest BCUT2D eigenvalue weighted by molar-refractivity contribution is -0.274. The van der Waals surface area contributed by atoms with E-state index >= 15 is 0 Å². The van der Waals surface area contributed by atoms with Crippen molar-refractivity contribution in [1.29, 1.82) is 0 Å². The first-order valence-corrected chi connectivity index (χ1v) is 9.14. The molecule has 0 aromatic heterocycles. The summed E-state index contributed by atoms with van der Waals surface area (Å²) in [6.45, 7) is 0. The summed E-state index contributed by atoms with van der Waals surface area (Å²) < 4.78 is 66.7. The lowest BCUT2D eigenvalue weighted by atomic mass is 10.2. The number of hydrogen-bond donors (Lipinski definition) is 2. The molecular formula is C15H13F3N2O3S2. The van der Waals surface area contributed by atoms with Crippen molar-refractivity contribution in [2.45, 2.75) is 11.3 Å². The Labute approximate surface area is 146 Å². The summed E-state index contributed by atoms with van der Waals surface area (Å²) in [5.74, 6) is -0.336. The van der Waals surface area contributed by atoms with Crippen molar-refractivity contribution in [3.05, 3.63) is 59.5 Å². The molecule has 0 unspecified atom stereocenters. The molecule has 2 rings (SSSR count). The van der Waals surface area contributed by atoms with Gasteiger partial charge in [-0.15, -0.1) is 13.2 Å². The Morgan fingerprint density at radius 2 is 1.72 bits per heavy atom. The summed E-state index contributed by atoms with van der Waals surface area (Å²) in [7, 11) is -3.89. The van der Waals surface area contributed by atoms with Gasteiger partial charge in [-0.3, -0.25) is 0 Å². The molecule has 10 heteroatoms. The van der Waals surface area contributed by atoms with Gasteiger partial charge < -0.3 is 9.46 Å². The summed E-state index contributed by atoms with van der Waals surface area (Å²) in [6, 6.07) is 11.6. The fraction of sp³-hybridized carbons (Fsp3) is 0.0667. The van der Waals surface area contributed by atoms with Crippen LogP contribution < -0.4 is 14.6 Å². The third kappa shape index (κ3) is 6.00. The Hall–Kier alpha value is -2.17. The molecule has 0 aliphatic heterocycles. The Morgan fingerprint density at radius 1 is 1.08 bits per heavy atom. The quantitative estimate of drug-likeness (QED) is 0.730. The minimum Gasteiger partial charge on any atom is -0.405 e. The Kier molecular flexibility index (Phi) is 5.98. The van der Waals surface area contributed by atoms with Gasteiger partial charge in [0.05, 0.1) is 5.69 Å². The molecule has 2 aromatic rings. The Bertz CT molecular complexity index is 868. The van der Waals surface area contributed by atoms with Crippen LogP contribution in [-0.4, -0.2) is 14.8 Å². The van der Waals surface area contributed by atoms with Gasteiger partial charge in [-0.05, 0) is 41.6 Å². The molecule has 0 fully saturated rings. The van der Waals surface area contributed by atoms with Gasteiger partial charge in [0, 0.05) is 5.56 Å². The monoisotopic (exact) mass is 390 g/mol. The zero-order valence-electron chi connectivity index (χ0n) is 12.5. The number of para-hydroxylation sites is 2. The molecule has 0 amide bonds. The van der Waals surface area contributed by atoms with Crippen LogP contribution in [0.1, 0.15) is 5.56 Å². The highest BCUT2D eigenvalue weighted by molar-refractivity contribution is 8.03. The van der Waals surface area contributed by atoms with Crippen LogP contribution in [0.25, 0.3) is 6.08 Å². The first-order chi connectivity index (χ1) is 11.7. The van der Waals surface area contributed by atoms with Gasteiger partial charge in [0.2, 0.25) is 10.0 Å². The van der Waals surface area contributed by atoms with E-state index in [0.29, 0.717) is 0 Å². The smallest absolute Gasteiger partial charge is 0.405 e. The number of ether oxygens (including phenoxy) is 1. The second kappa shape index (κ2) is 7.81. The van der Waals surface area contributed by atoms with E-state index in [1.165, 1.54) is 47.9 Å². The molecule has 0 saturated carbocycles. The zero-order chi connectivity index (χ0) is 18.5. The van der Waals surface area contributed by atoms with Gasteiger partial charge in [0.1, 0.15) is 10.6 Å². The molecule has 0 heterocycles. The number of alkyl halides is 3. The standard InChI is InChI=1S/C15H13F3N2O3S2/c16-15(17,18)23-13-7-3-1-5-11(13)9-10-24-20-12-6-2-4-8-14(12)25(19,21)22/h1-10,20H,(H2,19,21,22)/b10-9+. The lowest BCUT2D eigenvalue weighted by Gasteiger charge is -2.11.